The highest BCUT2D eigenvalue weighted by molar-refractivity contribution is 7.85. The molecule has 88 valence electrons. The average molecular weight is 240 g/mol. The topological polar surface area (TPSA) is 54.4 Å². The molecule has 0 heterocycles. The predicted molar refractivity (Wildman–Crippen MR) is 64.0 cm³/mol. The summed E-state index contributed by atoms with van der Waals surface area (Å²) in [7, 11) is -1.25. The summed E-state index contributed by atoms with van der Waals surface area (Å²) in [6, 6.07) is 5.58. The molecule has 0 aliphatic rings. The third kappa shape index (κ3) is 3.17. The highest BCUT2D eigenvalue weighted by Gasteiger charge is 2.16. The van der Waals surface area contributed by atoms with Crippen LogP contribution in [0.25, 0.3) is 0 Å². The minimum atomic E-state index is -1.25. The lowest BCUT2D eigenvalue weighted by Crippen LogP contribution is -2.16. The van der Waals surface area contributed by atoms with Gasteiger partial charge in [-0.1, -0.05) is 6.07 Å². The smallest absolute Gasteiger partial charge is 0.304 e. The highest BCUT2D eigenvalue weighted by Crippen LogP contribution is 2.17. The number of aliphatic carboxylic acids is 1. The Balaban J connectivity index is 2.88. The Morgan fingerprint density at radius 2 is 2.00 bits per heavy atom. The van der Waals surface area contributed by atoms with Crippen LogP contribution >= 0.6 is 0 Å². The molecule has 2 atom stereocenters. The molecule has 0 aliphatic heterocycles. The summed E-state index contributed by atoms with van der Waals surface area (Å²) in [6.45, 7) is 5.64. The average Bonchev–Trinajstić information content (AvgIpc) is 2.20. The summed E-state index contributed by atoms with van der Waals surface area (Å²) in [5.74, 6) is -0.912. The van der Waals surface area contributed by atoms with E-state index in [0.29, 0.717) is 4.90 Å². The van der Waals surface area contributed by atoms with Crippen LogP contribution in [-0.4, -0.2) is 20.5 Å². The van der Waals surface area contributed by atoms with E-state index in [9.17, 15) is 9.00 Å². The minimum absolute atomic E-state index is 0.0699. The molecule has 0 saturated carbocycles. The van der Waals surface area contributed by atoms with Crippen LogP contribution in [0.15, 0.2) is 23.1 Å². The van der Waals surface area contributed by atoms with Crippen molar-refractivity contribution >= 4 is 16.8 Å². The zero-order valence-electron chi connectivity index (χ0n) is 9.69. The first-order chi connectivity index (χ1) is 7.41. The molecule has 1 rings (SSSR count). The lowest BCUT2D eigenvalue weighted by molar-refractivity contribution is -0.136. The first-order valence-corrected chi connectivity index (χ1v) is 6.32. The zero-order chi connectivity index (χ0) is 12.3. The van der Waals surface area contributed by atoms with Crippen LogP contribution < -0.4 is 0 Å². The zero-order valence-corrected chi connectivity index (χ0v) is 10.5. The molecule has 0 fully saturated rings. The van der Waals surface area contributed by atoms with E-state index in [-0.39, 0.29) is 11.7 Å². The van der Waals surface area contributed by atoms with E-state index in [1.165, 1.54) is 0 Å². The van der Waals surface area contributed by atoms with Gasteiger partial charge in [0.1, 0.15) is 0 Å². The minimum Gasteiger partial charge on any atom is -0.481 e. The molecular weight excluding hydrogens is 224 g/mol. The van der Waals surface area contributed by atoms with Crippen LogP contribution in [0.5, 0.6) is 0 Å². The largest absolute Gasteiger partial charge is 0.481 e. The molecule has 1 aromatic carbocycles. The fourth-order valence-electron chi connectivity index (χ4n) is 1.39. The van der Waals surface area contributed by atoms with Gasteiger partial charge in [-0.2, -0.15) is 0 Å². The fraction of sp³-hybridized carbons (Fsp3) is 0.417. The Morgan fingerprint density at radius 1 is 1.38 bits per heavy atom. The molecular formula is C12H16O3S. The Kier molecular flexibility index (Phi) is 4.24. The lowest BCUT2D eigenvalue weighted by atomic mass is 10.1. The molecule has 1 N–H and O–H groups in total. The molecule has 0 saturated heterocycles. The number of hydrogen-bond acceptors (Lipinski definition) is 2. The number of hydrogen-bond donors (Lipinski definition) is 1. The maximum atomic E-state index is 12.0. The van der Waals surface area contributed by atoms with E-state index in [4.69, 9.17) is 5.11 Å². The van der Waals surface area contributed by atoms with Gasteiger partial charge in [-0.15, -0.1) is 0 Å². The second-order valence-electron chi connectivity index (χ2n) is 3.95. The second kappa shape index (κ2) is 5.25. The van der Waals surface area contributed by atoms with Gasteiger partial charge in [0.25, 0.3) is 0 Å². The number of carboxylic acid groups (broad SMARTS) is 1. The summed E-state index contributed by atoms with van der Waals surface area (Å²) in [5, 5.41) is 8.28. The SMILES string of the molecule is Cc1ccc(S(=O)C(C)CC(=O)O)cc1C. The lowest BCUT2D eigenvalue weighted by Gasteiger charge is -2.10. The molecule has 1 aromatic rings. The van der Waals surface area contributed by atoms with Crippen LogP contribution in [0.1, 0.15) is 24.5 Å². The van der Waals surface area contributed by atoms with Crippen molar-refractivity contribution in [2.75, 3.05) is 0 Å². The van der Waals surface area contributed by atoms with Gasteiger partial charge in [0.15, 0.2) is 0 Å². The maximum absolute atomic E-state index is 12.0. The molecule has 2 unspecified atom stereocenters. The van der Waals surface area contributed by atoms with Crippen molar-refractivity contribution in [3.8, 4) is 0 Å². The van der Waals surface area contributed by atoms with E-state index < -0.39 is 16.8 Å². The number of carbonyl (C=O) groups is 1. The molecule has 0 aromatic heterocycles. The molecule has 4 heteroatoms. The van der Waals surface area contributed by atoms with E-state index in [1.807, 2.05) is 26.0 Å². The normalized spacial score (nSPS) is 14.4. The number of carboxylic acids is 1. The number of aryl methyl sites for hydroxylation is 2. The Hall–Kier alpha value is -1.16. The van der Waals surface area contributed by atoms with Crippen molar-refractivity contribution in [1.29, 1.82) is 0 Å². The molecule has 0 amide bonds. The van der Waals surface area contributed by atoms with Crippen molar-refractivity contribution in [1.82, 2.24) is 0 Å². The van der Waals surface area contributed by atoms with Gasteiger partial charge in [-0.05, 0) is 44.0 Å². The van der Waals surface area contributed by atoms with Crippen LogP contribution in [0.2, 0.25) is 0 Å². The van der Waals surface area contributed by atoms with E-state index in [0.717, 1.165) is 11.1 Å². The molecule has 16 heavy (non-hydrogen) atoms. The van der Waals surface area contributed by atoms with E-state index in [2.05, 4.69) is 0 Å². The first kappa shape index (κ1) is 12.9. The van der Waals surface area contributed by atoms with Gasteiger partial charge in [0.05, 0.1) is 17.2 Å². The third-order valence-corrected chi connectivity index (χ3v) is 4.15. The van der Waals surface area contributed by atoms with Gasteiger partial charge in [-0.3, -0.25) is 9.00 Å². The van der Waals surface area contributed by atoms with Crippen LogP contribution in [0.3, 0.4) is 0 Å². The summed E-state index contributed by atoms with van der Waals surface area (Å²) >= 11 is 0. The number of benzene rings is 1. The summed E-state index contributed by atoms with van der Waals surface area (Å²) in [5.41, 5.74) is 2.22. The van der Waals surface area contributed by atoms with E-state index >= 15 is 0 Å². The van der Waals surface area contributed by atoms with Crippen molar-refractivity contribution in [3.05, 3.63) is 29.3 Å². The third-order valence-electron chi connectivity index (χ3n) is 2.54. The van der Waals surface area contributed by atoms with Crippen molar-refractivity contribution in [2.45, 2.75) is 37.3 Å². The maximum Gasteiger partial charge on any atom is 0.304 e. The first-order valence-electron chi connectivity index (χ1n) is 5.11. The van der Waals surface area contributed by atoms with Crippen molar-refractivity contribution < 1.29 is 14.1 Å². The molecule has 3 nitrogen and oxygen atoms in total. The van der Waals surface area contributed by atoms with Gasteiger partial charge >= 0.3 is 5.97 Å². The van der Waals surface area contributed by atoms with Crippen LogP contribution in [-0.2, 0) is 15.6 Å². The van der Waals surface area contributed by atoms with E-state index in [1.54, 1.807) is 13.0 Å². The second-order valence-corrected chi connectivity index (χ2v) is 5.82. The summed E-state index contributed by atoms with van der Waals surface area (Å²) in [4.78, 5) is 11.2. The van der Waals surface area contributed by atoms with Crippen LogP contribution in [0.4, 0.5) is 0 Å². The van der Waals surface area contributed by atoms with Crippen molar-refractivity contribution in [3.63, 3.8) is 0 Å². The van der Waals surface area contributed by atoms with Gasteiger partial charge in [0.2, 0.25) is 0 Å². The Labute approximate surface area is 98.0 Å². The highest BCUT2D eigenvalue weighted by atomic mass is 32.2. The molecule has 0 aliphatic carbocycles. The van der Waals surface area contributed by atoms with Gasteiger partial charge < -0.3 is 5.11 Å². The molecule has 0 radical (unpaired) electrons. The predicted octanol–water partition coefficient (Wildman–Crippen LogP) is 2.27. The fourth-order valence-corrected chi connectivity index (χ4v) is 2.65. The van der Waals surface area contributed by atoms with Crippen LogP contribution in [0, 0.1) is 13.8 Å². The summed E-state index contributed by atoms with van der Waals surface area (Å²) in [6.07, 6.45) is -0.0699. The molecule has 0 bridgehead atoms. The van der Waals surface area contributed by atoms with Gasteiger partial charge in [-0.25, -0.2) is 0 Å². The van der Waals surface area contributed by atoms with Gasteiger partial charge in [0, 0.05) is 10.1 Å². The Bertz CT molecular complexity index is 426. The Morgan fingerprint density at radius 3 is 2.50 bits per heavy atom. The molecule has 0 spiro atoms. The number of rotatable bonds is 4. The monoisotopic (exact) mass is 240 g/mol. The summed E-state index contributed by atoms with van der Waals surface area (Å²) < 4.78 is 12.0. The standard InChI is InChI=1S/C12H16O3S/c1-8-4-5-11(6-9(8)2)16(15)10(3)7-12(13)14/h4-6,10H,7H2,1-3H3,(H,13,14). The quantitative estimate of drug-likeness (QED) is 0.878. The van der Waals surface area contributed by atoms with Crippen molar-refractivity contribution in [2.24, 2.45) is 0 Å².